The summed E-state index contributed by atoms with van der Waals surface area (Å²) in [7, 11) is 0. The highest BCUT2D eigenvalue weighted by Gasteiger charge is 2.26. The van der Waals surface area contributed by atoms with E-state index in [1.165, 1.54) is 29.5 Å². The van der Waals surface area contributed by atoms with Crippen LogP contribution in [0.5, 0.6) is 0 Å². The molecule has 0 aromatic heterocycles. The van der Waals surface area contributed by atoms with Gasteiger partial charge in [-0.2, -0.15) is 0 Å². The molecular weight excluding hydrogens is 256 g/mol. The lowest BCUT2D eigenvalue weighted by atomic mass is 9.81. The van der Waals surface area contributed by atoms with Gasteiger partial charge >= 0.3 is 0 Å². The van der Waals surface area contributed by atoms with Crippen LogP contribution < -0.4 is 0 Å². The van der Waals surface area contributed by atoms with Crippen LogP contribution in [0.1, 0.15) is 42.7 Å². The minimum atomic E-state index is -0.421. The van der Waals surface area contributed by atoms with Gasteiger partial charge in [0.15, 0.2) is 0 Å². The zero-order valence-corrected chi connectivity index (χ0v) is 12.3. The Bertz CT molecular complexity index is 546. The standard InChI is InChI=1S/C20H22O/c21-20(18-14-8-3-9-15-18)19(16-10-4-1-5-11-16)17-12-6-2-7-13-17/h1-2,4-7,10-14,19-21H,3,8-9,15H2. The maximum absolute atomic E-state index is 11.0. The first kappa shape index (κ1) is 14.1. The first-order chi connectivity index (χ1) is 10.4. The predicted octanol–water partition coefficient (Wildman–Crippen LogP) is 4.68. The van der Waals surface area contributed by atoms with Gasteiger partial charge in [-0.3, -0.25) is 0 Å². The first-order valence-corrected chi connectivity index (χ1v) is 7.83. The Labute approximate surface area is 127 Å². The molecule has 1 aliphatic carbocycles. The fourth-order valence-corrected chi connectivity index (χ4v) is 3.22. The molecule has 0 saturated heterocycles. The minimum absolute atomic E-state index is 0.0248. The van der Waals surface area contributed by atoms with Crippen LogP contribution in [0.2, 0.25) is 0 Å². The van der Waals surface area contributed by atoms with Gasteiger partial charge in [0.25, 0.3) is 0 Å². The van der Waals surface area contributed by atoms with E-state index in [1.54, 1.807) is 0 Å². The molecule has 2 aromatic rings. The second kappa shape index (κ2) is 6.73. The lowest BCUT2D eigenvalue weighted by Gasteiger charge is -2.28. The van der Waals surface area contributed by atoms with Crippen molar-refractivity contribution in [1.29, 1.82) is 0 Å². The van der Waals surface area contributed by atoms with Crippen LogP contribution in [0, 0.1) is 0 Å². The highest BCUT2D eigenvalue weighted by molar-refractivity contribution is 5.37. The van der Waals surface area contributed by atoms with Crippen LogP contribution in [0.4, 0.5) is 0 Å². The van der Waals surface area contributed by atoms with Gasteiger partial charge in [-0.05, 0) is 42.4 Å². The van der Waals surface area contributed by atoms with Crippen LogP contribution in [-0.2, 0) is 0 Å². The van der Waals surface area contributed by atoms with Gasteiger partial charge in [0.05, 0.1) is 6.10 Å². The van der Waals surface area contributed by atoms with Crippen molar-refractivity contribution in [1.82, 2.24) is 0 Å². The third-order valence-electron chi connectivity index (χ3n) is 4.34. The zero-order chi connectivity index (χ0) is 14.5. The van der Waals surface area contributed by atoms with E-state index >= 15 is 0 Å². The van der Waals surface area contributed by atoms with E-state index in [9.17, 15) is 5.11 Å². The fourth-order valence-electron chi connectivity index (χ4n) is 3.22. The predicted molar refractivity (Wildman–Crippen MR) is 87.3 cm³/mol. The molecule has 1 aliphatic rings. The summed E-state index contributed by atoms with van der Waals surface area (Å²) in [4.78, 5) is 0. The lowest BCUT2D eigenvalue weighted by molar-refractivity contribution is 0.185. The van der Waals surface area contributed by atoms with E-state index in [2.05, 4.69) is 30.3 Å². The van der Waals surface area contributed by atoms with E-state index in [1.807, 2.05) is 36.4 Å². The molecule has 1 nitrogen and oxygen atoms in total. The molecule has 3 rings (SSSR count). The Morgan fingerprint density at radius 1 is 0.762 bits per heavy atom. The van der Waals surface area contributed by atoms with Crippen molar-refractivity contribution < 1.29 is 5.11 Å². The van der Waals surface area contributed by atoms with Crippen LogP contribution in [-0.4, -0.2) is 11.2 Å². The van der Waals surface area contributed by atoms with Gasteiger partial charge in [-0.1, -0.05) is 66.7 Å². The van der Waals surface area contributed by atoms with E-state index in [-0.39, 0.29) is 5.92 Å². The normalized spacial score (nSPS) is 16.6. The summed E-state index contributed by atoms with van der Waals surface area (Å²) < 4.78 is 0. The fraction of sp³-hybridized carbons (Fsp3) is 0.300. The molecule has 1 atom stereocenters. The number of hydrogen-bond donors (Lipinski definition) is 1. The van der Waals surface area contributed by atoms with Gasteiger partial charge in [0.1, 0.15) is 0 Å². The molecule has 0 spiro atoms. The van der Waals surface area contributed by atoms with Crippen molar-refractivity contribution in [2.75, 3.05) is 0 Å². The zero-order valence-electron chi connectivity index (χ0n) is 12.3. The molecule has 1 heteroatoms. The quantitative estimate of drug-likeness (QED) is 0.805. The van der Waals surface area contributed by atoms with Crippen molar-refractivity contribution in [3.8, 4) is 0 Å². The van der Waals surface area contributed by atoms with E-state index in [0.29, 0.717) is 0 Å². The summed E-state index contributed by atoms with van der Waals surface area (Å²) in [6, 6.07) is 20.7. The topological polar surface area (TPSA) is 20.2 Å². The highest BCUT2D eigenvalue weighted by atomic mass is 16.3. The average molecular weight is 278 g/mol. The monoisotopic (exact) mass is 278 g/mol. The highest BCUT2D eigenvalue weighted by Crippen LogP contribution is 2.34. The molecule has 1 unspecified atom stereocenters. The molecule has 0 radical (unpaired) electrons. The molecule has 0 aliphatic heterocycles. The molecule has 1 N–H and O–H groups in total. The number of rotatable bonds is 4. The third kappa shape index (κ3) is 3.25. The van der Waals surface area contributed by atoms with E-state index in [0.717, 1.165) is 12.8 Å². The van der Waals surface area contributed by atoms with Crippen molar-refractivity contribution in [3.63, 3.8) is 0 Å². The van der Waals surface area contributed by atoms with Crippen molar-refractivity contribution in [3.05, 3.63) is 83.4 Å². The Balaban J connectivity index is 1.98. The number of benzene rings is 2. The first-order valence-electron chi connectivity index (χ1n) is 7.83. The summed E-state index contributed by atoms with van der Waals surface area (Å²) in [6.07, 6.45) is 6.39. The Hall–Kier alpha value is -1.86. The SMILES string of the molecule is OC(C1=CCCCC1)C(c1ccccc1)c1ccccc1. The van der Waals surface area contributed by atoms with Gasteiger partial charge in [-0.15, -0.1) is 0 Å². The minimum Gasteiger partial charge on any atom is -0.388 e. The molecule has 108 valence electrons. The summed E-state index contributed by atoms with van der Waals surface area (Å²) in [6.45, 7) is 0. The number of aliphatic hydroxyl groups excluding tert-OH is 1. The molecule has 2 aromatic carbocycles. The second-order valence-corrected chi connectivity index (χ2v) is 5.77. The third-order valence-corrected chi connectivity index (χ3v) is 4.34. The maximum Gasteiger partial charge on any atom is 0.0859 e. The molecule has 0 bridgehead atoms. The molecule has 0 fully saturated rings. The number of allylic oxidation sites excluding steroid dienone is 1. The Kier molecular flexibility index (Phi) is 4.52. The van der Waals surface area contributed by atoms with Gasteiger partial charge in [-0.25, -0.2) is 0 Å². The lowest BCUT2D eigenvalue weighted by Crippen LogP contribution is -2.23. The smallest absolute Gasteiger partial charge is 0.0859 e. The van der Waals surface area contributed by atoms with E-state index < -0.39 is 6.10 Å². The van der Waals surface area contributed by atoms with E-state index in [4.69, 9.17) is 0 Å². The molecule has 0 saturated carbocycles. The summed E-state index contributed by atoms with van der Waals surface area (Å²) in [5, 5.41) is 11.0. The van der Waals surface area contributed by atoms with Crippen LogP contribution in [0.3, 0.4) is 0 Å². The Morgan fingerprint density at radius 3 is 1.81 bits per heavy atom. The maximum atomic E-state index is 11.0. The van der Waals surface area contributed by atoms with Crippen molar-refractivity contribution in [2.24, 2.45) is 0 Å². The number of aliphatic hydroxyl groups is 1. The van der Waals surface area contributed by atoms with Gasteiger partial charge < -0.3 is 5.11 Å². The average Bonchev–Trinajstić information content (AvgIpc) is 2.58. The second-order valence-electron chi connectivity index (χ2n) is 5.77. The summed E-state index contributed by atoms with van der Waals surface area (Å²) in [5.41, 5.74) is 3.57. The molecule has 0 amide bonds. The summed E-state index contributed by atoms with van der Waals surface area (Å²) >= 11 is 0. The largest absolute Gasteiger partial charge is 0.388 e. The van der Waals surface area contributed by atoms with Crippen LogP contribution in [0.15, 0.2) is 72.3 Å². The van der Waals surface area contributed by atoms with Crippen LogP contribution in [0.25, 0.3) is 0 Å². The van der Waals surface area contributed by atoms with Crippen molar-refractivity contribution >= 4 is 0 Å². The Morgan fingerprint density at radius 2 is 1.33 bits per heavy atom. The van der Waals surface area contributed by atoms with Gasteiger partial charge in [0, 0.05) is 5.92 Å². The number of hydrogen-bond acceptors (Lipinski definition) is 1. The molecular formula is C20H22O. The summed E-state index contributed by atoms with van der Waals surface area (Å²) in [5.74, 6) is 0.0248. The van der Waals surface area contributed by atoms with Gasteiger partial charge in [0.2, 0.25) is 0 Å². The van der Waals surface area contributed by atoms with Crippen molar-refractivity contribution in [2.45, 2.75) is 37.7 Å². The molecule has 0 heterocycles. The van der Waals surface area contributed by atoms with Crippen LogP contribution >= 0.6 is 0 Å². The molecule has 21 heavy (non-hydrogen) atoms.